The summed E-state index contributed by atoms with van der Waals surface area (Å²) >= 11 is 0. The Balaban J connectivity index is 1.03. The van der Waals surface area contributed by atoms with E-state index in [-0.39, 0.29) is 0 Å². The van der Waals surface area contributed by atoms with E-state index in [9.17, 15) is 19.8 Å². The van der Waals surface area contributed by atoms with Crippen molar-refractivity contribution in [3.63, 3.8) is 0 Å². The molecule has 2 N–H and O–H groups in total. The summed E-state index contributed by atoms with van der Waals surface area (Å²) in [7, 11) is 0. The molecule has 0 heterocycles. The second-order valence-electron chi connectivity index (χ2n) is 13.0. The van der Waals surface area contributed by atoms with Gasteiger partial charge in [0, 0.05) is 37.2 Å². The molecule has 0 bridgehead atoms. The summed E-state index contributed by atoms with van der Waals surface area (Å²) in [6.45, 7) is 4.98. The zero-order chi connectivity index (χ0) is 41.0. The highest BCUT2D eigenvalue weighted by molar-refractivity contribution is 5.73. The van der Waals surface area contributed by atoms with Gasteiger partial charge in [-0.05, 0) is 120 Å². The molecule has 0 aliphatic carbocycles. The Labute approximate surface area is 340 Å². The van der Waals surface area contributed by atoms with Crippen LogP contribution in [0.2, 0.25) is 0 Å². The van der Waals surface area contributed by atoms with Gasteiger partial charge in [0.2, 0.25) is 0 Å². The normalized spacial score (nSPS) is 11.9. The largest absolute Gasteiger partial charge is 0.490 e. The minimum absolute atomic E-state index is 0.302. The molecular formula is C50H46O8. The number of carbonyl (C=O) groups is 2. The maximum atomic E-state index is 11.3. The fourth-order valence-electron chi connectivity index (χ4n) is 5.81. The molecule has 0 aliphatic heterocycles. The molecule has 5 rings (SSSR count). The fourth-order valence-corrected chi connectivity index (χ4v) is 5.81. The van der Waals surface area contributed by atoms with Gasteiger partial charge < -0.3 is 29.2 Å². The van der Waals surface area contributed by atoms with Gasteiger partial charge in [-0.25, -0.2) is 9.59 Å². The Bertz CT molecular complexity index is 2080. The average molecular weight is 775 g/mol. The Morgan fingerprint density at radius 2 is 0.845 bits per heavy atom. The van der Waals surface area contributed by atoms with Crippen LogP contribution in [0.25, 0.3) is 22.3 Å². The summed E-state index contributed by atoms with van der Waals surface area (Å²) in [5, 5.41) is 18.6. The van der Waals surface area contributed by atoms with Crippen molar-refractivity contribution < 1.29 is 38.7 Å². The number of rotatable bonds is 18. The molecule has 8 nitrogen and oxygen atoms in total. The van der Waals surface area contributed by atoms with E-state index in [4.69, 9.17) is 18.9 Å². The Morgan fingerprint density at radius 3 is 1.16 bits per heavy atom. The first-order valence-corrected chi connectivity index (χ1v) is 19.1. The fraction of sp³-hybridized carbons (Fsp3) is 0.200. The van der Waals surface area contributed by atoms with Crippen molar-refractivity contribution in [3.8, 4) is 57.4 Å². The Hall–Kier alpha value is -6.84. The van der Waals surface area contributed by atoms with Gasteiger partial charge in [-0.3, -0.25) is 0 Å². The Kier molecular flexibility index (Phi) is 16.5. The first-order chi connectivity index (χ1) is 28.3. The molecule has 0 saturated carbocycles. The van der Waals surface area contributed by atoms with Crippen molar-refractivity contribution in [2.45, 2.75) is 38.9 Å². The van der Waals surface area contributed by atoms with Crippen LogP contribution in [0.15, 0.2) is 146 Å². The monoisotopic (exact) mass is 774 g/mol. The predicted octanol–water partition coefficient (Wildman–Crippen LogP) is 9.06. The second kappa shape index (κ2) is 22.6. The van der Waals surface area contributed by atoms with Crippen LogP contribution in [0.3, 0.4) is 0 Å². The number of ether oxygens (including phenoxy) is 4. The molecule has 5 aromatic rings. The minimum Gasteiger partial charge on any atom is -0.490 e. The number of hydrogen-bond donors (Lipinski definition) is 2. The smallest absolute Gasteiger partial charge is 0.333 e. The number of allylic oxidation sites excluding steroid dienone is 2. The first kappa shape index (κ1) is 42.3. The number of carboxylic acids is 2. The molecule has 2 atom stereocenters. The highest BCUT2D eigenvalue weighted by Gasteiger charge is 2.18. The third kappa shape index (κ3) is 13.7. The zero-order valence-electron chi connectivity index (χ0n) is 32.6. The molecule has 0 aliphatic rings. The van der Waals surface area contributed by atoms with Gasteiger partial charge in [-0.15, -0.1) is 0 Å². The molecule has 0 spiro atoms. The van der Waals surface area contributed by atoms with E-state index < -0.39 is 24.1 Å². The Morgan fingerprint density at radius 1 is 0.517 bits per heavy atom. The van der Waals surface area contributed by atoms with Crippen LogP contribution in [0.4, 0.5) is 0 Å². The summed E-state index contributed by atoms with van der Waals surface area (Å²) in [6, 6.07) is 39.5. The molecule has 0 amide bonds. The van der Waals surface area contributed by atoms with E-state index in [1.807, 2.05) is 84.9 Å². The van der Waals surface area contributed by atoms with E-state index in [0.29, 0.717) is 50.8 Å². The lowest BCUT2D eigenvalue weighted by Gasteiger charge is -2.12. The summed E-state index contributed by atoms with van der Waals surface area (Å²) < 4.78 is 22.1. The van der Waals surface area contributed by atoms with Crippen LogP contribution in [-0.2, 0) is 31.9 Å². The van der Waals surface area contributed by atoms with Crippen molar-refractivity contribution in [1.82, 2.24) is 0 Å². The lowest BCUT2D eigenvalue weighted by Crippen LogP contribution is -2.26. The highest BCUT2D eigenvalue weighted by Crippen LogP contribution is 2.25. The third-order valence-corrected chi connectivity index (χ3v) is 8.82. The van der Waals surface area contributed by atoms with Gasteiger partial charge in [0.05, 0.1) is 0 Å². The number of hydrogen-bond acceptors (Lipinski definition) is 6. The average Bonchev–Trinajstić information content (AvgIpc) is 3.24. The van der Waals surface area contributed by atoms with Crippen molar-refractivity contribution in [2.24, 2.45) is 0 Å². The van der Waals surface area contributed by atoms with Crippen LogP contribution in [0, 0.1) is 23.7 Å². The molecule has 0 aromatic heterocycles. The van der Waals surface area contributed by atoms with Gasteiger partial charge >= 0.3 is 11.9 Å². The van der Waals surface area contributed by atoms with Crippen LogP contribution < -0.4 is 9.47 Å². The number of carboxylic acid groups (broad SMARTS) is 2. The van der Waals surface area contributed by atoms with E-state index in [2.05, 4.69) is 72.2 Å². The molecule has 0 radical (unpaired) electrons. The highest BCUT2D eigenvalue weighted by atomic mass is 16.5. The van der Waals surface area contributed by atoms with Crippen LogP contribution in [0.1, 0.15) is 36.1 Å². The SMILES string of the molecule is CCOC(Cc1ccc(OCC=CC#Cc2ccc(-c3ccc(-c4ccc(C#CC=CCOc5ccc(CC(OCC)C(=O)O)cc5)cc4)cc3)cc2)cc1)C(=O)O. The van der Waals surface area contributed by atoms with Gasteiger partial charge in [0.15, 0.2) is 12.2 Å². The summed E-state index contributed by atoms with van der Waals surface area (Å²) in [6.07, 6.45) is 6.12. The first-order valence-electron chi connectivity index (χ1n) is 19.1. The van der Waals surface area contributed by atoms with Crippen LogP contribution in [-0.4, -0.2) is 60.8 Å². The van der Waals surface area contributed by atoms with Crippen molar-refractivity contribution in [2.75, 3.05) is 26.4 Å². The molecule has 8 heteroatoms. The van der Waals surface area contributed by atoms with Gasteiger partial charge in [0.25, 0.3) is 0 Å². The molecule has 58 heavy (non-hydrogen) atoms. The molecule has 5 aromatic carbocycles. The topological polar surface area (TPSA) is 112 Å². The lowest BCUT2D eigenvalue weighted by atomic mass is 9.99. The molecule has 0 saturated heterocycles. The number of benzene rings is 5. The van der Waals surface area contributed by atoms with Crippen molar-refractivity contribution in [1.29, 1.82) is 0 Å². The van der Waals surface area contributed by atoms with E-state index in [0.717, 1.165) is 44.5 Å². The maximum Gasteiger partial charge on any atom is 0.333 e. The van der Waals surface area contributed by atoms with Gasteiger partial charge in [-0.2, -0.15) is 0 Å². The molecule has 0 fully saturated rings. The summed E-state index contributed by atoms with van der Waals surface area (Å²) in [5.41, 5.74) is 8.01. The van der Waals surface area contributed by atoms with E-state index >= 15 is 0 Å². The van der Waals surface area contributed by atoms with Crippen molar-refractivity contribution in [3.05, 3.63) is 168 Å². The second-order valence-corrected chi connectivity index (χ2v) is 13.0. The summed E-state index contributed by atoms with van der Waals surface area (Å²) in [4.78, 5) is 22.6. The molecule has 2 unspecified atom stereocenters. The minimum atomic E-state index is -0.968. The molecule has 294 valence electrons. The third-order valence-electron chi connectivity index (χ3n) is 8.82. The van der Waals surface area contributed by atoms with E-state index in [1.54, 1.807) is 26.0 Å². The molecular weight excluding hydrogens is 729 g/mol. The predicted molar refractivity (Wildman–Crippen MR) is 227 cm³/mol. The van der Waals surface area contributed by atoms with Crippen LogP contribution in [0.5, 0.6) is 11.5 Å². The number of aliphatic carboxylic acids is 2. The van der Waals surface area contributed by atoms with Crippen LogP contribution >= 0.6 is 0 Å². The van der Waals surface area contributed by atoms with Gasteiger partial charge in [0.1, 0.15) is 24.7 Å². The van der Waals surface area contributed by atoms with Crippen molar-refractivity contribution >= 4 is 11.9 Å². The summed E-state index contributed by atoms with van der Waals surface area (Å²) in [5.74, 6) is 11.9. The van der Waals surface area contributed by atoms with Gasteiger partial charge in [-0.1, -0.05) is 96.5 Å². The van der Waals surface area contributed by atoms with E-state index in [1.165, 1.54) is 0 Å². The zero-order valence-corrected chi connectivity index (χ0v) is 32.6. The lowest BCUT2D eigenvalue weighted by molar-refractivity contribution is -0.150. The standard InChI is InChI=1S/C50H46O8/c1-3-55-47(49(51)52)35-39-17-29-45(30-18-39)57-33-9-5-7-11-37-13-21-41(22-14-37)43-25-27-44(28-26-43)42-23-15-38(16-24-42)12-8-6-10-34-58-46-31-19-40(20-32-46)36-48(50(53)54)56-4-2/h5-6,9-10,13-32,47-48H,3-4,33-36H2,1-2H3,(H,51,52)(H,53,54). The quantitative estimate of drug-likeness (QED) is 0.0849. The maximum absolute atomic E-state index is 11.3.